The van der Waals surface area contributed by atoms with Gasteiger partial charge in [0.25, 0.3) is 0 Å². The van der Waals surface area contributed by atoms with Crippen LogP contribution in [0.15, 0.2) is 0 Å². The molecule has 1 saturated heterocycles. The van der Waals surface area contributed by atoms with E-state index in [9.17, 15) is 0 Å². The SMILES string of the molecule is CC1CCCCCC1C1SCCCS1. The lowest BCUT2D eigenvalue weighted by Gasteiger charge is -2.32. The topological polar surface area (TPSA) is 0 Å². The normalized spacial score (nSPS) is 36.6. The van der Waals surface area contributed by atoms with Gasteiger partial charge in [0.15, 0.2) is 0 Å². The molecule has 2 heteroatoms. The molecule has 2 aliphatic rings. The van der Waals surface area contributed by atoms with Crippen LogP contribution in [0.2, 0.25) is 0 Å². The quantitative estimate of drug-likeness (QED) is 0.612. The van der Waals surface area contributed by atoms with Crippen molar-refractivity contribution in [3.63, 3.8) is 0 Å². The minimum Gasteiger partial charge on any atom is -0.147 e. The second kappa shape index (κ2) is 5.69. The summed E-state index contributed by atoms with van der Waals surface area (Å²) in [4.78, 5) is 0. The van der Waals surface area contributed by atoms with Gasteiger partial charge in [-0.1, -0.05) is 32.6 Å². The number of hydrogen-bond donors (Lipinski definition) is 0. The first-order valence-electron chi connectivity index (χ1n) is 6.11. The van der Waals surface area contributed by atoms with Crippen LogP contribution >= 0.6 is 23.5 Å². The molecule has 0 radical (unpaired) electrons. The number of hydrogen-bond acceptors (Lipinski definition) is 2. The minimum atomic E-state index is 0.942. The van der Waals surface area contributed by atoms with E-state index in [1.807, 2.05) is 0 Å². The Bertz CT molecular complexity index is 164. The Morgan fingerprint density at radius 3 is 2.36 bits per heavy atom. The first kappa shape index (κ1) is 11.2. The first-order valence-corrected chi connectivity index (χ1v) is 8.21. The van der Waals surface area contributed by atoms with E-state index in [4.69, 9.17) is 0 Å². The lowest BCUT2D eigenvalue weighted by atomic mass is 9.91. The zero-order valence-corrected chi connectivity index (χ0v) is 10.8. The summed E-state index contributed by atoms with van der Waals surface area (Å²) in [5.74, 6) is 4.84. The van der Waals surface area contributed by atoms with Gasteiger partial charge in [-0.05, 0) is 36.2 Å². The van der Waals surface area contributed by atoms with Crippen LogP contribution in [0.25, 0.3) is 0 Å². The third kappa shape index (κ3) is 2.85. The molecule has 0 amide bonds. The van der Waals surface area contributed by atoms with Crippen molar-refractivity contribution in [2.75, 3.05) is 11.5 Å². The van der Waals surface area contributed by atoms with E-state index in [1.54, 1.807) is 0 Å². The Hall–Kier alpha value is 0.700. The van der Waals surface area contributed by atoms with Crippen LogP contribution in [0.5, 0.6) is 0 Å². The maximum atomic E-state index is 2.49. The fourth-order valence-corrected chi connectivity index (χ4v) is 6.21. The van der Waals surface area contributed by atoms with Crippen LogP contribution in [0.1, 0.15) is 45.4 Å². The molecule has 2 unspecified atom stereocenters. The molecule has 1 aliphatic heterocycles. The van der Waals surface area contributed by atoms with Gasteiger partial charge < -0.3 is 0 Å². The lowest BCUT2D eigenvalue weighted by Crippen LogP contribution is -2.23. The van der Waals surface area contributed by atoms with Crippen molar-refractivity contribution in [1.29, 1.82) is 0 Å². The van der Waals surface area contributed by atoms with Gasteiger partial charge in [-0.15, -0.1) is 23.5 Å². The molecule has 1 heterocycles. The van der Waals surface area contributed by atoms with Crippen molar-refractivity contribution in [2.24, 2.45) is 11.8 Å². The number of rotatable bonds is 1. The summed E-state index contributed by atoms with van der Waals surface area (Å²) in [5.41, 5.74) is 0. The highest BCUT2D eigenvalue weighted by Crippen LogP contribution is 2.43. The van der Waals surface area contributed by atoms with Gasteiger partial charge in [0.2, 0.25) is 0 Å². The summed E-state index contributed by atoms with van der Waals surface area (Å²) in [5, 5.41) is 0. The molecule has 0 nitrogen and oxygen atoms in total. The van der Waals surface area contributed by atoms with Crippen LogP contribution in [0.4, 0.5) is 0 Å². The standard InChI is InChI=1S/C12H22S2/c1-10-6-3-2-4-7-11(10)12-13-8-5-9-14-12/h10-12H,2-9H2,1H3. The van der Waals surface area contributed by atoms with Gasteiger partial charge in [0.05, 0.1) is 4.58 Å². The van der Waals surface area contributed by atoms with E-state index in [0.717, 1.165) is 16.4 Å². The Morgan fingerprint density at radius 2 is 1.57 bits per heavy atom. The summed E-state index contributed by atoms with van der Waals surface area (Å²) in [6.07, 6.45) is 8.90. The molecule has 0 spiro atoms. The highest BCUT2D eigenvalue weighted by atomic mass is 32.2. The molecule has 0 bridgehead atoms. The first-order chi connectivity index (χ1) is 6.88. The van der Waals surface area contributed by atoms with E-state index >= 15 is 0 Å². The van der Waals surface area contributed by atoms with Crippen molar-refractivity contribution in [3.05, 3.63) is 0 Å². The molecule has 2 atom stereocenters. The highest BCUT2D eigenvalue weighted by Gasteiger charge is 2.29. The van der Waals surface area contributed by atoms with Gasteiger partial charge in [-0.3, -0.25) is 0 Å². The third-order valence-electron chi connectivity index (χ3n) is 3.63. The van der Waals surface area contributed by atoms with Gasteiger partial charge in [-0.25, -0.2) is 0 Å². The summed E-state index contributed by atoms with van der Waals surface area (Å²) >= 11 is 4.49. The summed E-state index contributed by atoms with van der Waals surface area (Å²) in [6.45, 7) is 2.49. The fourth-order valence-electron chi connectivity index (χ4n) is 2.68. The van der Waals surface area contributed by atoms with Gasteiger partial charge >= 0.3 is 0 Å². The molecule has 1 aliphatic carbocycles. The Labute approximate surface area is 97.0 Å². The minimum absolute atomic E-state index is 0.942. The Kier molecular flexibility index (Phi) is 4.55. The average Bonchev–Trinajstić information content (AvgIpc) is 2.44. The van der Waals surface area contributed by atoms with Gasteiger partial charge in [-0.2, -0.15) is 0 Å². The Morgan fingerprint density at radius 1 is 0.857 bits per heavy atom. The zero-order valence-electron chi connectivity index (χ0n) is 9.21. The molecule has 2 fully saturated rings. The van der Waals surface area contributed by atoms with E-state index in [2.05, 4.69) is 30.4 Å². The molecule has 1 saturated carbocycles. The molecule has 0 aromatic heterocycles. The monoisotopic (exact) mass is 230 g/mol. The smallest absolute Gasteiger partial charge is 0.0533 e. The van der Waals surface area contributed by atoms with Crippen molar-refractivity contribution in [1.82, 2.24) is 0 Å². The number of thioether (sulfide) groups is 2. The molecule has 0 aromatic rings. The average molecular weight is 230 g/mol. The van der Waals surface area contributed by atoms with Crippen LogP contribution in [0, 0.1) is 11.8 Å². The van der Waals surface area contributed by atoms with Gasteiger partial charge in [0, 0.05) is 0 Å². The summed E-state index contributed by atoms with van der Waals surface area (Å²) in [7, 11) is 0. The molecule has 14 heavy (non-hydrogen) atoms. The zero-order chi connectivity index (χ0) is 9.80. The molecular formula is C12H22S2. The van der Waals surface area contributed by atoms with Crippen LogP contribution in [0.3, 0.4) is 0 Å². The predicted octanol–water partition coefficient (Wildman–Crippen LogP) is 4.40. The third-order valence-corrected chi connectivity index (χ3v) is 6.85. The van der Waals surface area contributed by atoms with E-state index < -0.39 is 0 Å². The van der Waals surface area contributed by atoms with Crippen molar-refractivity contribution in [2.45, 2.75) is 50.0 Å². The van der Waals surface area contributed by atoms with E-state index in [-0.39, 0.29) is 0 Å². The van der Waals surface area contributed by atoms with E-state index in [0.29, 0.717) is 0 Å². The molecular weight excluding hydrogens is 208 g/mol. The lowest BCUT2D eigenvalue weighted by molar-refractivity contribution is 0.362. The summed E-state index contributed by atoms with van der Waals surface area (Å²) in [6, 6.07) is 0. The molecule has 82 valence electrons. The largest absolute Gasteiger partial charge is 0.147 e. The maximum Gasteiger partial charge on any atom is 0.0533 e. The van der Waals surface area contributed by atoms with Crippen LogP contribution < -0.4 is 0 Å². The second-order valence-corrected chi connectivity index (χ2v) is 7.54. The fraction of sp³-hybridized carbons (Fsp3) is 1.00. The van der Waals surface area contributed by atoms with Crippen molar-refractivity contribution < 1.29 is 0 Å². The Balaban J connectivity index is 1.91. The summed E-state index contributed by atoms with van der Waals surface area (Å²) < 4.78 is 0.942. The second-order valence-electron chi connectivity index (χ2n) is 4.74. The van der Waals surface area contributed by atoms with Crippen LogP contribution in [-0.4, -0.2) is 16.1 Å². The van der Waals surface area contributed by atoms with Crippen LogP contribution in [-0.2, 0) is 0 Å². The molecule has 0 aromatic carbocycles. The molecule has 0 N–H and O–H groups in total. The van der Waals surface area contributed by atoms with E-state index in [1.165, 1.54) is 50.0 Å². The van der Waals surface area contributed by atoms with Gasteiger partial charge in [0.1, 0.15) is 0 Å². The maximum absolute atomic E-state index is 2.49. The highest BCUT2D eigenvalue weighted by molar-refractivity contribution is 8.17. The van der Waals surface area contributed by atoms with Crippen molar-refractivity contribution in [3.8, 4) is 0 Å². The van der Waals surface area contributed by atoms with Crippen molar-refractivity contribution >= 4 is 23.5 Å². The molecule has 2 rings (SSSR count). The predicted molar refractivity (Wildman–Crippen MR) is 69.1 cm³/mol.